The summed E-state index contributed by atoms with van der Waals surface area (Å²) in [6, 6.07) is 32.7. The van der Waals surface area contributed by atoms with Gasteiger partial charge in [0, 0.05) is 27.1 Å². The molecule has 0 fully saturated rings. The predicted molar refractivity (Wildman–Crippen MR) is 198 cm³/mol. The first-order valence-corrected chi connectivity index (χ1v) is 16.7. The van der Waals surface area contributed by atoms with Gasteiger partial charge in [-0.15, -0.1) is 22.7 Å². The first-order valence-electron chi connectivity index (χ1n) is 15.0. The Morgan fingerprint density at radius 3 is 2.40 bits per heavy atom. The molecule has 0 unspecified atom stereocenters. The van der Waals surface area contributed by atoms with Crippen LogP contribution in [-0.2, 0) is 0 Å². The van der Waals surface area contributed by atoms with Crippen LogP contribution in [0.2, 0.25) is 0 Å². The fourth-order valence-corrected chi connectivity index (χ4v) is 7.29. The van der Waals surface area contributed by atoms with Gasteiger partial charge in [-0.2, -0.15) is 0 Å². The molecule has 1 amide bonds. The van der Waals surface area contributed by atoms with Crippen LogP contribution in [0.4, 0.5) is 11.4 Å². The predicted octanol–water partition coefficient (Wildman–Crippen LogP) is 9.59. The number of nitrogens with two attached hydrogens (primary N) is 1. The Kier molecular flexibility index (Phi) is 8.46. The maximum Gasteiger partial charge on any atom is 0.267 e. The van der Waals surface area contributed by atoms with Crippen molar-refractivity contribution in [3.63, 3.8) is 0 Å². The van der Waals surface area contributed by atoms with Gasteiger partial charge in [0.15, 0.2) is 17.3 Å². The molecule has 9 heteroatoms. The van der Waals surface area contributed by atoms with Gasteiger partial charge in [0.2, 0.25) is 0 Å². The van der Waals surface area contributed by atoms with E-state index in [2.05, 4.69) is 23.5 Å². The number of benzene rings is 4. The summed E-state index contributed by atoms with van der Waals surface area (Å²) in [6.07, 6.45) is 3.34. The molecule has 7 rings (SSSR count). The number of ether oxygens (including phenoxy) is 2. The molecule has 0 aliphatic carbocycles. The van der Waals surface area contributed by atoms with E-state index >= 15 is 0 Å². The van der Waals surface area contributed by atoms with Crippen LogP contribution in [0.1, 0.15) is 24.9 Å². The molecular weight excluding hydrogens is 639 g/mol. The second-order valence-corrected chi connectivity index (χ2v) is 12.9. The number of allylic oxidation sites excluding steroid dienone is 1. The number of nitrogens with zero attached hydrogens (tertiary/aromatic N) is 1. The number of nitrogens with one attached hydrogen (secondary N) is 1. The Morgan fingerprint density at radius 1 is 0.833 bits per heavy atom. The van der Waals surface area contributed by atoms with Crippen LogP contribution in [0.15, 0.2) is 115 Å². The summed E-state index contributed by atoms with van der Waals surface area (Å²) in [4.78, 5) is 33.4. The molecule has 0 saturated heterocycles. The maximum atomic E-state index is 13.7. The van der Waals surface area contributed by atoms with Crippen molar-refractivity contribution in [3.8, 4) is 33.9 Å². The number of aromatic nitrogens is 1. The van der Waals surface area contributed by atoms with E-state index in [1.54, 1.807) is 62.0 Å². The summed E-state index contributed by atoms with van der Waals surface area (Å²) in [5.74, 6) is 0.691. The molecule has 0 saturated carbocycles. The largest absolute Gasteiger partial charge is 0.493 e. The van der Waals surface area contributed by atoms with E-state index in [0.717, 1.165) is 38.0 Å². The topological polar surface area (TPSA) is 104 Å². The molecule has 48 heavy (non-hydrogen) atoms. The van der Waals surface area contributed by atoms with Gasteiger partial charge in [-0.25, -0.2) is 4.98 Å². The Balaban J connectivity index is 1.27. The van der Waals surface area contributed by atoms with Gasteiger partial charge in [-0.05, 0) is 88.0 Å². The number of hydrogen-bond acceptors (Lipinski definition) is 8. The number of carbonyl (C=O) groups is 2. The smallest absolute Gasteiger partial charge is 0.267 e. The highest BCUT2D eigenvalue weighted by molar-refractivity contribution is 7.21. The van der Waals surface area contributed by atoms with Crippen molar-refractivity contribution >= 4 is 72.8 Å². The Labute approximate surface area is 284 Å². The van der Waals surface area contributed by atoms with Crippen molar-refractivity contribution in [3.05, 3.63) is 130 Å². The summed E-state index contributed by atoms with van der Waals surface area (Å²) in [6.45, 7) is 0. The third-order valence-corrected chi connectivity index (χ3v) is 9.97. The molecule has 3 aromatic heterocycles. The van der Waals surface area contributed by atoms with Crippen LogP contribution in [0, 0.1) is 0 Å². The minimum atomic E-state index is -0.364. The standard InChI is InChI=1S/C39H29N3O4S2/c1-45-33-19-14-25(21-34(33)46-2)30-22-31(29-11-5-8-23-7-3-4-10-28(23)29)42-39-35(30)36(40)37(48-39)38(44)41-26-15-12-24(13-16-26)32(43)18-17-27-9-6-20-47-27/h3-22H,40H2,1-2H3,(H,41,44)/b18-17+. The van der Waals surface area contributed by atoms with Crippen LogP contribution in [0.25, 0.3) is 49.4 Å². The van der Waals surface area contributed by atoms with Crippen LogP contribution in [0.3, 0.4) is 0 Å². The zero-order valence-corrected chi connectivity index (χ0v) is 27.7. The van der Waals surface area contributed by atoms with E-state index < -0.39 is 0 Å². The summed E-state index contributed by atoms with van der Waals surface area (Å²) < 4.78 is 11.1. The summed E-state index contributed by atoms with van der Waals surface area (Å²) >= 11 is 2.80. The van der Waals surface area contributed by atoms with E-state index in [-0.39, 0.29) is 11.7 Å². The zero-order chi connectivity index (χ0) is 33.2. The lowest BCUT2D eigenvalue weighted by Gasteiger charge is -2.13. The second-order valence-electron chi connectivity index (χ2n) is 10.9. The van der Waals surface area contributed by atoms with Gasteiger partial charge in [0.25, 0.3) is 5.91 Å². The number of hydrogen-bond donors (Lipinski definition) is 2. The molecular formula is C39H29N3O4S2. The highest BCUT2D eigenvalue weighted by Gasteiger charge is 2.23. The van der Waals surface area contributed by atoms with Crippen molar-refractivity contribution in [1.29, 1.82) is 0 Å². The number of carbonyl (C=O) groups excluding carboxylic acids is 2. The first kappa shape index (κ1) is 30.9. The lowest BCUT2D eigenvalue weighted by molar-refractivity contribution is 0.102. The summed E-state index contributed by atoms with van der Waals surface area (Å²) in [5.41, 5.74) is 11.5. The molecule has 0 atom stereocenters. The van der Waals surface area contributed by atoms with Gasteiger partial charge < -0.3 is 20.5 Å². The Morgan fingerprint density at radius 2 is 1.62 bits per heavy atom. The number of amides is 1. The van der Waals surface area contributed by atoms with Gasteiger partial charge >= 0.3 is 0 Å². The zero-order valence-electron chi connectivity index (χ0n) is 26.0. The number of anilines is 2. The van der Waals surface area contributed by atoms with Gasteiger partial charge in [-0.3, -0.25) is 9.59 Å². The number of methoxy groups -OCH3 is 2. The quantitative estimate of drug-likeness (QED) is 0.117. The lowest BCUT2D eigenvalue weighted by Crippen LogP contribution is -2.12. The van der Waals surface area contributed by atoms with Crippen LogP contribution in [-0.4, -0.2) is 30.9 Å². The Hall–Kier alpha value is -5.77. The third-order valence-electron chi connectivity index (χ3n) is 8.03. The van der Waals surface area contributed by atoms with E-state index in [1.807, 2.05) is 66.0 Å². The minimum Gasteiger partial charge on any atom is -0.493 e. The van der Waals surface area contributed by atoms with Crippen molar-refractivity contribution in [2.24, 2.45) is 0 Å². The van der Waals surface area contributed by atoms with Crippen molar-refractivity contribution in [2.75, 3.05) is 25.3 Å². The van der Waals surface area contributed by atoms with Crippen LogP contribution >= 0.6 is 22.7 Å². The van der Waals surface area contributed by atoms with E-state index in [9.17, 15) is 9.59 Å². The lowest BCUT2D eigenvalue weighted by atomic mass is 9.96. The minimum absolute atomic E-state index is 0.120. The average Bonchev–Trinajstić information content (AvgIpc) is 3.77. The van der Waals surface area contributed by atoms with Gasteiger partial charge in [-0.1, -0.05) is 54.6 Å². The highest BCUT2D eigenvalue weighted by Crippen LogP contribution is 2.44. The molecule has 0 spiro atoms. The third kappa shape index (κ3) is 5.92. The number of nitrogen functional groups attached to an aromatic ring is 1. The Bertz CT molecular complexity index is 2340. The number of fused-ring (bicyclic) bond motifs is 2. The molecule has 4 aromatic carbocycles. The van der Waals surface area contributed by atoms with E-state index in [4.69, 9.17) is 20.2 Å². The fourth-order valence-electron chi connectivity index (χ4n) is 5.65. The van der Waals surface area contributed by atoms with E-state index in [0.29, 0.717) is 43.5 Å². The number of rotatable bonds is 9. The highest BCUT2D eigenvalue weighted by atomic mass is 32.1. The molecule has 0 radical (unpaired) electrons. The van der Waals surface area contributed by atoms with Crippen molar-refractivity contribution in [2.45, 2.75) is 0 Å². The first-order chi connectivity index (χ1) is 23.4. The molecule has 0 aliphatic heterocycles. The van der Waals surface area contributed by atoms with Crippen molar-refractivity contribution < 1.29 is 19.1 Å². The number of pyridine rings is 1. The number of ketones is 1. The number of thiophene rings is 2. The SMILES string of the molecule is COc1ccc(-c2cc(-c3cccc4ccccc34)nc3sc(C(=O)Nc4ccc(C(=O)/C=C/c5cccs5)cc4)c(N)c23)cc1OC. The second kappa shape index (κ2) is 13.2. The van der Waals surface area contributed by atoms with Crippen LogP contribution in [0.5, 0.6) is 11.5 Å². The van der Waals surface area contributed by atoms with Gasteiger partial charge in [0.1, 0.15) is 9.71 Å². The average molecular weight is 668 g/mol. The molecule has 0 bridgehead atoms. The van der Waals surface area contributed by atoms with E-state index in [1.165, 1.54) is 11.3 Å². The molecule has 3 heterocycles. The molecule has 7 nitrogen and oxygen atoms in total. The monoisotopic (exact) mass is 667 g/mol. The summed E-state index contributed by atoms with van der Waals surface area (Å²) in [7, 11) is 3.19. The normalized spacial score (nSPS) is 11.3. The molecule has 0 aliphatic rings. The fraction of sp³-hybridized carbons (Fsp3) is 0.0513. The maximum absolute atomic E-state index is 13.7. The van der Waals surface area contributed by atoms with Crippen molar-refractivity contribution in [1.82, 2.24) is 4.98 Å². The van der Waals surface area contributed by atoms with Crippen LogP contribution < -0.4 is 20.5 Å². The molecule has 236 valence electrons. The molecule has 3 N–H and O–H groups in total. The van der Waals surface area contributed by atoms with Gasteiger partial charge in [0.05, 0.1) is 25.6 Å². The molecule has 7 aromatic rings. The summed E-state index contributed by atoms with van der Waals surface area (Å²) in [5, 5.41) is 7.75.